The van der Waals surface area contributed by atoms with Crippen LogP contribution in [0.4, 0.5) is 0 Å². The standard InChI is InChI=1S/C20H36ClNO3/c1-2-3-6-10-17(23)11-9-15-22-16-14-18(21)19(22)12-7-4-5-8-13-20(24)25/h4,7,17-19,23H,2-3,5-6,8-16H2,1H3,(H,24,25)/t17-,18+,19-/m0/s1. The Labute approximate surface area is 158 Å². The molecule has 0 unspecified atom stereocenters. The smallest absolute Gasteiger partial charge is 0.303 e. The number of rotatable bonds is 14. The van der Waals surface area contributed by atoms with Gasteiger partial charge >= 0.3 is 5.97 Å². The average molecular weight is 374 g/mol. The zero-order valence-electron chi connectivity index (χ0n) is 15.7. The SMILES string of the molecule is CCCCC[C@H](O)CCCN1CC[C@@H](Cl)[C@@H]1CC=CCCCC(=O)O. The van der Waals surface area contributed by atoms with Gasteiger partial charge in [0.25, 0.3) is 0 Å². The first-order valence-corrected chi connectivity index (χ1v) is 10.4. The number of carboxylic acid groups (broad SMARTS) is 1. The zero-order valence-corrected chi connectivity index (χ0v) is 16.5. The first-order valence-electron chi connectivity index (χ1n) is 9.97. The third kappa shape index (κ3) is 10.2. The number of carbonyl (C=O) groups is 1. The van der Waals surface area contributed by atoms with Gasteiger partial charge in [-0.25, -0.2) is 0 Å². The minimum atomic E-state index is -0.729. The molecule has 3 atom stereocenters. The van der Waals surface area contributed by atoms with Crippen LogP contribution in [0.15, 0.2) is 12.2 Å². The second-order valence-corrected chi connectivity index (χ2v) is 7.75. The molecule has 0 aliphatic carbocycles. The van der Waals surface area contributed by atoms with Crippen LogP contribution < -0.4 is 0 Å². The summed E-state index contributed by atoms with van der Waals surface area (Å²) in [5.74, 6) is -0.729. The second kappa shape index (κ2) is 13.6. The van der Waals surface area contributed by atoms with Crippen molar-refractivity contribution in [2.24, 2.45) is 0 Å². The lowest BCUT2D eigenvalue weighted by molar-refractivity contribution is -0.137. The number of halogens is 1. The van der Waals surface area contributed by atoms with Crippen LogP contribution in [0.5, 0.6) is 0 Å². The summed E-state index contributed by atoms with van der Waals surface area (Å²) >= 11 is 6.48. The average Bonchev–Trinajstić information content (AvgIpc) is 2.91. The van der Waals surface area contributed by atoms with Crippen LogP contribution in [-0.4, -0.2) is 51.7 Å². The van der Waals surface area contributed by atoms with E-state index in [1.54, 1.807) is 0 Å². The molecular weight excluding hydrogens is 338 g/mol. The molecule has 4 nitrogen and oxygen atoms in total. The molecule has 5 heteroatoms. The maximum absolute atomic E-state index is 10.5. The van der Waals surface area contributed by atoms with Crippen molar-refractivity contribution in [1.29, 1.82) is 0 Å². The number of likely N-dealkylation sites (tertiary alicyclic amines) is 1. The van der Waals surface area contributed by atoms with Crippen LogP contribution in [0.1, 0.15) is 77.6 Å². The van der Waals surface area contributed by atoms with E-state index in [2.05, 4.69) is 24.0 Å². The highest BCUT2D eigenvalue weighted by Gasteiger charge is 2.31. The Morgan fingerprint density at radius 1 is 1.24 bits per heavy atom. The van der Waals surface area contributed by atoms with Gasteiger partial charge in [-0.05, 0) is 58.0 Å². The fraction of sp³-hybridized carbons (Fsp3) is 0.850. The van der Waals surface area contributed by atoms with Gasteiger partial charge < -0.3 is 10.2 Å². The Morgan fingerprint density at radius 3 is 2.72 bits per heavy atom. The first-order chi connectivity index (χ1) is 12.0. The number of nitrogens with zero attached hydrogens (tertiary/aromatic N) is 1. The molecule has 0 bridgehead atoms. The van der Waals surface area contributed by atoms with Gasteiger partial charge in [-0.1, -0.05) is 38.3 Å². The first kappa shape index (κ1) is 22.5. The van der Waals surface area contributed by atoms with Crippen molar-refractivity contribution in [3.8, 4) is 0 Å². The molecular formula is C20H36ClNO3. The van der Waals surface area contributed by atoms with Crippen LogP contribution in [0.3, 0.4) is 0 Å². The number of aliphatic carboxylic acids is 1. The predicted molar refractivity (Wildman–Crippen MR) is 104 cm³/mol. The van der Waals surface area contributed by atoms with E-state index >= 15 is 0 Å². The molecule has 1 heterocycles. The zero-order chi connectivity index (χ0) is 18.5. The molecule has 25 heavy (non-hydrogen) atoms. The van der Waals surface area contributed by atoms with E-state index in [9.17, 15) is 9.90 Å². The number of aliphatic hydroxyl groups is 1. The van der Waals surface area contributed by atoms with Gasteiger partial charge in [-0.15, -0.1) is 11.6 Å². The Hall–Kier alpha value is -0.580. The van der Waals surface area contributed by atoms with E-state index < -0.39 is 5.97 Å². The molecule has 0 radical (unpaired) electrons. The third-order valence-electron chi connectivity index (χ3n) is 5.01. The molecule has 0 amide bonds. The lowest BCUT2D eigenvalue weighted by atomic mass is 10.1. The highest BCUT2D eigenvalue weighted by Crippen LogP contribution is 2.26. The van der Waals surface area contributed by atoms with E-state index in [1.165, 1.54) is 12.8 Å². The molecule has 0 saturated carbocycles. The predicted octanol–water partition coefficient (Wildman–Crippen LogP) is 4.59. The van der Waals surface area contributed by atoms with Crippen molar-refractivity contribution in [2.75, 3.05) is 13.1 Å². The number of alkyl halides is 1. The van der Waals surface area contributed by atoms with Gasteiger partial charge in [0.05, 0.1) is 11.5 Å². The van der Waals surface area contributed by atoms with Gasteiger partial charge in [-0.3, -0.25) is 9.69 Å². The number of hydrogen-bond donors (Lipinski definition) is 2. The van der Waals surface area contributed by atoms with Crippen molar-refractivity contribution in [1.82, 2.24) is 4.90 Å². The Morgan fingerprint density at radius 2 is 2.00 bits per heavy atom. The molecule has 0 aromatic carbocycles. The van der Waals surface area contributed by atoms with E-state index in [0.717, 1.165) is 58.0 Å². The lowest BCUT2D eigenvalue weighted by Gasteiger charge is -2.25. The van der Waals surface area contributed by atoms with Crippen molar-refractivity contribution < 1.29 is 15.0 Å². The van der Waals surface area contributed by atoms with E-state index in [0.29, 0.717) is 12.5 Å². The highest BCUT2D eigenvalue weighted by atomic mass is 35.5. The van der Waals surface area contributed by atoms with E-state index in [4.69, 9.17) is 16.7 Å². The number of hydrogen-bond acceptors (Lipinski definition) is 3. The summed E-state index contributed by atoms with van der Waals surface area (Å²) in [5, 5.41) is 18.9. The van der Waals surface area contributed by atoms with Gasteiger partial charge in [-0.2, -0.15) is 0 Å². The summed E-state index contributed by atoms with van der Waals surface area (Å²) in [6.07, 6.45) is 14.1. The van der Waals surface area contributed by atoms with Crippen molar-refractivity contribution in [3.05, 3.63) is 12.2 Å². The number of aliphatic hydroxyl groups excluding tert-OH is 1. The summed E-state index contributed by atoms with van der Waals surface area (Å²) < 4.78 is 0. The Bertz CT molecular complexity index is 389. The Kier molecular flexibility index (Phi) is 12.2. The van der Waals surface area contributed by atoms with Crippen molar-refractivity contribution in [3.63, 3.8) is 0 Å². The molecule has 2 N–H and O–H groups in total. The van der Waals surface area contributed by atoms with Gasteiger partial charge in [0.1, 0.15) is 0 Å². The maximum atomic E-state index is 10.5. The molecule has 146 valence electrons. The molecule has 0 spiro atoms. The minimum absolute atomic E-state index is 0.159. The quantitative estimate of drug-likeness (QED) is 0.265. The summed E-state index contributed by atoms with van der Waals surface area (Å²) in [6, 6.07) is 0.370. The fourth-order valence-corrected chi connectivity index (χ4v) is 3.84. The van der Waals surface area contributed by atoms with E-state index in [-0.39, 0.29) is 17.9 Å². The molecule has 1 fully saturated rings. The third-order valence-corrected chi connectivity index (χ3v) is 5.52. The van der Waals surface area contributed by atoms with E-state index in [1.807, 2.05) is 0 Å². The summed E-state index contributed by atoms with van der Waals surface area (Å²) in [7, 11) is 0. The van der Waals surface area contributed by atoms with Gasteiger partial charge in [0.2, 0.25) is 0 Å². The largest absolute Gasteiger partial charge is 0.481 e. The Balaban J connectivity index is 2.21. The van der Waals surface area contributed by atoms with Gasteiger partial charge in [0.15, 0.2) is 0 Å². The normalized spacial score (nSPS) is 22.7. The van der Waals surface area contributed by atoms with Crippen LogP contribution in [0, 0.1) is 0 Å². The van der Waals surface area contributed by atoms with Crippen molar-refractivity contribution in [2.45, 2.75) is 95.1 Å². The van der Waals surface area contributed by atoms with Crippen LogP contribution >= 0.6 is 11.6 Å². The number of carboxylic acids is 1. The molecule has 1 rings (SSSR count). The maximum Gasteiger partial charge on any atom is 0.303 e. The molecule has 0 aromatic rings. The monoisotopic (exact) mass is 373 g/mol. The number of allylic oxidation sites excluding steroid dienone is 1. The minimum Gasteiger partial charge on any atom is -0.481 e. The topological polar surface area (TPSA) is 60.8 Å². The number of unbranched alkanes of at least 4 members (excludes halogenated alkanes) is 3. The van der Waals surface area contributed by atoms with Crippen LogP contribution in [0.25, 0.3) is 0 Å². The molecule has 1 aliphatic heterocycles. The second-order valence-electron chi connectivity index (χ2n) is 7.19. The summed E-state index contributed by atoms with van der Waals surface area (Å²) in [5.41, 5.74) is 0. The lowest BCUT2D eigenvalue weighted by Crippen LogP contribution is -2.34. The molecule has 1 saturated heterocycles. The highest BCUT2D eigenvalue weighted by molar-refractivity contribution is 6.21. The summed E-state index contributed by atoms with van der Waals surface area (Å²) in [4.78, 5) is 12.9. The molecule has 1 aliphatic rings. The van der Waals surface area contributed by atoms with Crippen molar-refractivity contribution >= 4 is 17.6 Å². The molecule has 0 aromatic heterocycles. The van der Waals surface area contributed by atoms with Crippen LogP contribution in [0.2, 0.25) is 0 Å². The fourth-order valence-electron chi connectivity index (χ4n) is 3.48. The summed E-state index contributed by atoms with van der Waals surface area (Å²) in [6.45, 7) is 4.23. The van der Waals surface area contributed by atoms with Gasteiger partial charge in [0, 0.05) is 12.5 Å². The van der Waals surface area contributed by atoms with Crippen LogP contribution in [-0.2, 0) is 4.79 Å².